The Hall–Kier alpha value is -2.36. The number of ether oxygens (including phenoxy) is 2. The van der Waals surface area contributed by atoms with Gasteiger partial charge in [0.2, 0.25) is 0 Å². The van der Waals surface area contributed by atoms with Gasteiger partial charge in [0, 0.05) is 19.8 Å². The lowest BCUT2D eigenvalue weighted by atomic mass is 9.75. The van der Waals surface area contributed by atoms with Crippen molar-refractivity contribution in [3.05, 3.63) is 46.5 Å². The van der Waals surface area contributed by atoms with Crippen molar-refractivity contribution in [2.24, 2.45) is 17.8 Å². The molecule has 0 saturated carbocycles. The average Bonchev–Trinajstić information content (AvgIpc) is 2.66. The Morgan fingerprint density at radius 2 is 1.34 bits per heavy atom. The zero-order valence-corrected chi connectivity index (χ0v) is 21.4. The second-order valence-electron chi connectivity index (χ2n) is 10.2. The van der Waals surface area contributed by atoms with Crippen molar-refractivity contribution in [2.75, 3.05) is 0 Å². The molecular weight excluding hydrogens is 400 g/mol. The Labute approximate surface area is 194 Å². The number of hydrogen-bond acceptors (Lipinski definition) is 4. The summed E-state index contributed by atoms with van der Waals surface area (Å²) in [6.07, 6.45) is 4.19. The highest BCUT2D eigenvalue weighted by atomic mass is 16.5. The van der Waals surface area contributed by atoms with Crippen LogP contribution in [0.15, 0.2) is 29.9 Å². The summed E-state index contributed by atoms with van der Waals surface area (Å²) in [6.45, 7) is 20.0. The number of rotatable bonds is 7. The average molecular weight is 441 g/mol. The molecule has 4 nitrogen and oxygen atoms in total. The smallest absolute Gasteiger partial charge is 0.308 e. The highest BCUT2D eigenvalue weighted by Crippen LogP contribution is 2.42. The minimum atomic E-state index is -0.301. The van der Waals surface area contributed by atoms with Crippen LogP contribution in [0.3, 0.4) is 0 Å². The van der Waals surface area contributed by atoms with Gasteiger partial charge in [-0.3, -0.25) is 9.59 Å². The van der Waals surface area contributed by atoms with Crippen LogP contribution in [-0.4, -0.2) is 18.0 Å². The van der Waals surface area contributed by atoms with E-state index in [0.29, 0.717) is 11.7 Å². The standard InChI is InChI=1S/C28H40O4/c1-15(2)23-11-21(12-24(16(3)4)27(23)31-19(9)29)22-13-25(17(5)6)28(32-20(10)30)26(14-22)18(7)8/h11-18,23,27H,1-10H3. The third kappa shape index (κ3) is 5.90. The fraction of sp³-hybridized carbons (Fsp3) is 0.571. The van der Waals surface area contributed by atoms with Gasteiger partial charge in [-0.05, 0) is 63.6 Å². The number of allylic oxidation sites excluding steroid dienone is 2. The van der Waals surface area contributed by atoms with Crippen molar-refractivity contribution in [3.63, 3.8) is 0 Å². The van der Waals surface area contributed by atoms with Gasteiger partial charge in [-0.25, -0.2) is 0 Å². The lowest BCUT2D eigenvalue weighted by Crippen LogP contribution is -2.34. The topological polar surface area (TPSA) is 52.6 Å². The highest BCUT2D eigenvalue weighted by molar-refractivity contribution is 5.80. The third-order valence-corrected chi connectivity index (χ3v) is 6.07. The van der Waals surface area contributed by atoms with Gasteiger partial charge in [0.15, 0.2) is 0 Å². The van der Waals surface area contributed by atoms with Gasteiger partial charge in [-0.2, -0.15) is 0 Å². The number of hydrogen-bond donors (Lipinski definition) is 0. The zero-order valence-electron chi connectivity index (χ0n) is 21.4. The van der Waals surface area contributed by atoms with E-state index in [-0.39, 0.29) is 41.7 Å². The molecule has 2 atom stereocenters. The molecule has 1 aromatic carbocycles. The van der Waals surface area contributed by atoms with Crippen LogP contribution in [0.1, 0.15) is 97.8 Å². The first kappa shape index (κ1) is 25.9. The molecule has 0 aliphatic heterocycles. The second kappa shape index (κ2) is 10.5. The maximum atomic E-state index is 11.9. The number of carbonyl (C=O) groups excluding carboxylic acids is 2. The number of benzene rings is 1. The first-order chi connectivity index (χ1) is 14.8. The van der Waals surface area contributed by atoms with E-state index >= 15 is 0 Å². The molecule has 0 radical (unpaired) electrons. The minimum Gasteiger partial charge on any atom is -0.457 e. The SMILES string of the molecule is CC(=O)Oc1c(C(C)C)cc(C2=CC(C(C)C)C(OC(C)=O)C(C(C)C)=C2)cc1C(C)C. The quantitative estimate of drug-likeness (QED) is 0.337. The van der Waals surface area contributed by atoms with E-state index < -0.39 is 0 Å². The van der Waals surface area contributed by atoms with Gasteiger partial charge in [-0.15, -0.1) is 0 Å². The van der Waals surface area contributed by atoms with Crippen molar-refractivity contribution >= 4 is 17.5 Å². The van der Waals surface area contributed by atoms with Crippen LogP contribution in [0.25, 0.3) is 5.57 Å². The fourth-order valence-electron chi connectivity index (χ4n) is 4.33. The normalized spacial score (nSPS) is 18.8. The van der Waals surface area contributed by atoms with Crippen LogP contribution in [0.5, 0.6) is 5.75 Å². The Bertz CT molecular complexity index is 886. The molecule has 0 bridgehead atoms. The maximum Gasteiger partial charge on any atom is 0.308 e. The Kier molecular flexibility index (Phi) is 8.50. The van der Waals surface area contributed by atoms with E-state index in [1.54, 1.807) is 0 Å². The van der Waals surface area contributed by atoms with Crippen LogP contribution in [0.2, 0.25) is 0 Å². The molecule has 0 aromatic heterocycles. The van der Waals surface area contributed by atoms with Gasteiger partial charge in [0.1, 0.15) is 11.9 Å². The van der Waals surface area contributed by atoms with Crippen LogP contribution < -0.4 is 4.74 Å². The molecule has 1 aliphatic carbocycles. The predicted octanol–water partition coefficient (Wildman–Crippen LogP) is 7.04. The molecule has 2 unspecified atom stereocenters. The summed E-state index contributed by atoms with van der Waals surface area (Å²) in [5, 5.41) is 0. The molecule has 0 spiro atoms. The summed E-state index contributed by atoms with van der Waals surface area (Å²) < 4.78 is 11.5. The van der Waals surface area contributed by atoms with Crippen molar-refractivity contribution < 1.29 is 19.1 Å². The number of carbonyl (C=O) groups is 2. The Morgan fingerprint density at radius 1 is 0.812 bits per heavy atom. The van der Waals surface area contributed by atoms with Crippen LogP contribution in [0.4, 0.5) is 0 Å². The molecule has 0 fully saturated rings. The van der Waals surface area contributed by atoms with Gasteiger partial charge in [0.25, 0.3) is 0 Å². The van der Waals surface area contributed by atoms with Crippen molar-refractivity contribution in [1.29, 1.82) is 0 Å². The lowest BCUT2D eigenvalue weighted by molar-refractivity contribution is -0.147. The fourth-order valence-corrected chi connectivity index (χ4v) is 4.33. The summed E-state index contributed by atoms with van der Waals surface area (Å²) in [5.41, 5.74) is 5.44. The van der Waals surface area contributed by atoms with Crippen LogP contribution >= 0.6 is 0 Å². The molecule has 1 aliphatic rings. The molecule has 2 rings (SSSR count). The van der Waals surface area contributed by atoms with Crippen molar-refractivity contribution in [3.8, 4) is 5.75 Å². The molecule has 0 saturated heterocycles. The van der Waals surface area contributed by atoms with E-state index in [1.165, 1.54) is 13.8 Å². The van der Waals surface area contributed by atoms with E-state index in [4.69, 9.17) is 9.47 Å². The summed E-state index contributed by atoms with van der Waals surface area (Å²) in [5.74, 6) is 1.19. The second-order valence-corrected chi connectivity index (χ2v) is 10.2. The van der Waals surface area contributed by atoms with Crippen molar-refractivity contribution in [2.45, 2.75) is 87.2 Å². The molecule has 1 aromatic rings. The van der Waals surface area contributed by atoms with Gasteiger partial charge in [0.05, 0.1) is 0 Å². The first-order valence-corrected chi connectivity index (χ1v) is 11.8. The van der Waals surface area contributed by atoms with Gasteiger partial charge < -0.3 is 9.47 Å². The Balaban J connectivity index is 2.74. The monoisotopic (exact) mass is 440 g/mol. The molecular formula is C28H40O4. The first-order valence-electron chi connectivity index (χ1n) is 11.8. The molecule has 4 heteroatoms. The molecule has 0 N–H and O–H groups in total. The molecule has 0 heterocycles. The van der Waals surface area contributed by atoms with E-state index in [1.807, 2.05) is 0 Å². The van der Waals surface area contributed by atoms with Gasteiger partial charge in [-0.1, -0.05) is 67.5 Å². The predicted molar refractivity (Wildman–Crippen MR) is 131 cm³/mol. The summed E-state index contributed by atoms with van der Waals surface area (Å²) in [7, 11) is 0. The molecule has 176 valence electrons. The lowest BCUT2D eigenvalue weighted by Gasteiger charge is -2.35. The summed E-state index contributed by atoms with van der Waals surface area (Å²) >= 11 is 0. The summed E-state index contributed by atoms with van der Waals surface area (Å²) in [6, 6.07) is 4.30. The van der Waals surface area contributed by atoms with Crippen molar-refractivity contribution in [1.82, 2.24) is 0 Å². The van der Waals surface area contributed by atoms with E-state index in [2.05, 4.69) is 79.7 Å². The molecule has 0 amide bonds. The Morgan fingerprint density at radius 3 is 1.72 bits per heavy atom. The number of esters is 2. The zero-order chi connectivity index (χ0) is 24.3. The van der Waals surface area contributed by atoms with Crippen LogP contribution in [0, 0.1) is 17.8 Å². The third-order valence-electron chi connectivity index (χ3n) is 6.07. The summed E-state index contributed by atoms with van der Waals surface area (Å²) in [4.78, 5) is 23.7. The largest absolute Gasteiger partial charge is 0.457 e. The minimum absolute atomic E-state index is 0.0921. The van der Waals surface area contributed by atoms with Crippen LogP contribution in [-0.2, 0) is 14.3 Å². The molecule has 32 heavy (non-hydrogen) atoms. The van der Waals surface area contributed by atoms with E-state index in [9.17, 15) is 9.59 Å². The van der Waals surface area contributed by atoms with Gasteiger partial charge >= 0.3 is 11.9 Å². The maximum absolute atomic E-state index is 11.9. The highest BCUT2D eigenvalue weighted by Gasteiger charge is 2.34. The van der Waals surface area contributed by atoms with E-state index in [0.717, 1.165) is 27.8 Å².